The number of rotatable bonds is 3. The van der Waals surface area contributed by atoms with Crippen LogP contribution in [-0.2, 0) is 0 Å². The number of carbonyl (C=O) groups is 1. The van der Waals surface area contributed by atoms with Gasteiger partial charge in [0.05, 0.1) is 5.69 Å². The number of hydrazine groups is 1. The second-order valence-electron chi connectivity index (χ2n) is 4.93. The van der Waals surface area contributed by atoms with Crippen molar-refractivity contribution in [3.63, 3.8) is 0 Å². The first-order chi connectivity index (χ1) is 11.2. The highest BCUT2D eigenvalue weighted by molar-refractivity contribution is 7.80. The lowest BCUT2D eigenvalue weighted by molar-refractivity contribution is 0.0978. The van der Waals surface area contributed by atoms with Crippen LogP contribution >= 0.6 is 12.2 Å². The van der Waals surface area contributed by atoms with Gasteiger partial charge in [-0.15, -0.1) is 0 Å². The Morgan fingerprint density at radius 3 is 2.35 bits per heavy atom. The molecule has 3 N–H and O–H groups in total. The topological polar surface area (TPSA) is 53.2 Å². The Morgan fingerprint density at radius 1 is 0.826 bits per heavy atom. The van der Waals surface area contributed by atoms with Gasteiger partial charge in [0.1, 0.15) is 0 Å². The van der Waals surface area contributed by atoms with E-state index < -0.39 is 0 Å². The summed E-state index contributed by atoms with van der Waals surface area (Å²) in [6.07, 6.45) is 0. The van der Waals surface area contributed by atoms with Gasteiger partial charge in [0, 0.05) is 5.56 Å². The van der Waals surface area contributed by atoms with Crippen molar-refractivity contribution in [3.8, 4) is 0 Å². The lowest BCUT2D eigenvalue weighted by Crippen LogP contribution is -2.42. The van der Waals surface area contributed by atoms with Gasteiger partial charge in [-0.3, -0.25) is 21.0 Å². The van der Waals surface area contributed by atoms with E-state index in [0.29, 0.717) is 5.56 Å². The zero-order chi connectivity index (χ0) is 16.1. The van der Waals surface area contributed by atoms with Crippen molar-refractivity contribution in [2.45, 2.75) is 0 Å². The molecular formula is C18H15N3OS. The van der Waals surface area contributed by atoms with Gasteiger partial charge in [-0.1, -0.05) is 54.6 Å². The fourth-order valence-corrected chi connectivity index (χ4v) is 2.42. The molecule has 0 radical (unpaired) electrons. The molecule has 3 rings (SSSR count). The van der Waals surface area contributed by atoms with Crippen molar-refractivity contribution >= 4 is 39.7 Å². The molecule has 3 aromatic rings. The Hall–Kier alpha value is -2.92. The maximum atomic E-state index is 12.4. The molecule has 5 heteroatoms. The van der Waals surface area contributed by atoms with Gasteiger partial charge in [0.25, 0.3) is 5.91 Å². The molecule has 0 fully saturated rings. The van der Waals surface area contributed by atoms with E-state index in [2.05, 4.69) is 16.2 Å². The molecule has 3 aromatic carbocycles. The molecule has 0 atom stereocenters. The number of benzene rings is 3. The van der Waals surface area contributed by atoms with Crippen LogP contribution in [0.25, 0.3) is 10.8 Å². The summed E-state index contributed by atoms with van der Waals surface area (Å²) in [6.45, 7) is 0. The minimum atomic E-state index is -0.242. The van der Waals surface area contributed by atoms with Gasteiger partial charge < -0.3 is 0 Å². The number of anilines is 1. The molecule has 0 spiro atoms. The monoisotopic (exact) mass is 321 g/mol. The Bertz CT molecular complexity index is 844. The summed E-state index contributed by atoms with van der Waals surface area (Å²) in [7, 11) is 0. The van der Waals surface area contributed by atoms with Crippen molar-refractivity contribution in [2.24, 2.45) is 0 Å². The maximum absolute atomic E-state index is 12.4. The van der Waals surface area contributed by atoms with Crippen LogP contribution in [0.5, 0.6) is 0 Å². The van der Waals surface area contributed by atoms with Crippen LogP contribution in [0.3, 0.4) is 0 Å². The van der Waals surface area contributed by atoms with Crippen molar-refractivity contribution in [3.05, 3.63) is 78.4 Å². The Kier molecular flexibility index (Phi) is 4.49. The highest BCUT2D eigenvalue weighted by Gasteiger charge is 2.10. The summed E-state index contributed by atoms with van der Waals surface area (Å²) in [6, 6.07) is 22.9. The van der Waals surface area contributed by atoms with Crippen LogP contribution in [0.2, 0.25) is 0 Å². The standard InChI is InChI=1S/C18H15N3OS/c22-17(16-12-6-8-13-7-4-5-11-15(13)16)19-18(23)21-20-14-9-2-1-3-10-14/h1-12,20H,(H2,19,21,22,23). The van der Waals surface area contributed by atoms with E-state index in [1.54, 1.807) is 6.07 Å². The third-order valence-electron chi connectivity index (χ3n) is 3.36. The molecule has 0 heterocycles. The summed E-state index contributed by atoms with van der Waals surface area (Å²) < 4.78 is 0. The van der Waals surface area contributed by atoms with Gasteiger partial charge in [0.2, 0.25) is 0 Å². The Morgan fingerprint density at radius 2 is 1.52 bits per heavy atom. The first-order valence-corrected chi connectivity index (χ1v) is 7.55. The highest BCUT2D eigenvalue weighted by atomic mass is 32.1. The van der Waals surface area contributed by atoms with E-state index in [9.17, 15) is 4.79 Å². The summed E-state index contributed by atoms with van der Waals surface area (Å²) in [5, 5.41) is 4.80. The predicted molar refractivity (Wildman–Crippen MR) is 97.2 cm³/mol. The Labute approximate surface area is 139 Å². The highest BCUT2D eigenvalue weighted by Crippen LogP contribution is 2.18. The van der Waals surface area contributed by atoms with Crippen LogP contribution in [0.1, 0.15) is 10.4 Å². The van der Waals surface area contributed by atoms with Gasteiger partial charge in [0.15, 0.2) is 5.11 Å². The van der Waals surface area contributed by atoms with E-state index >= 15 is 0 Å². The number of hydrogen-bond acceptors (Lipinski definition) is 3. The van der Waals surface area contributed by atoms with Crippen LogP contribution in [0.15, 0.2) is 72.8 Å². The lowest BCUT2D eigenvalue weighted by atomic mass is 10.0. The van der Waals surface area contributed by atoms with E-state index in [4.69, 9.17) is 12.2 Å². The number of fused-ring (bicyclic) bond motifs is 1. The zero-order valence-corrected chi connectivity index (χ0v) is 13.1. The molecule has 0 unspecified atom stereocenters. The fraction of sp³-hybridized carbons (Fsp3) is 0. The minimum Gasteiger partial charge on any atom is -0.299 e. The summed E-state index contributed by atoms with van der Waals surface area (Å²) in [5.41, 5.74) is 7.18. The third-order valence-corrected chi connectivity index (χ3v) is 3.56. The van der Waals surface area contributed by atoms with Crippen LogP contribution < -0.4 is 16.2 Å². The largest absolute Gasteiger partial charge is 0.299 e. The molecule has 0 aliphatic carbocycles. The number of para-hydroxylation sites is 1. The van der Waals surface area contributed by atoms with Crippen molar-refractivity contribution < 1.29 is 4.79 Å². The van der Waals surface area contributed by atoms with Gasteiger partial charge in [-0.2, -0.15) is 0 Å². The second kappa shape index (κ2) is 6.89. The number of nitrogens with one attached hydrogen (secondary N) is 3. The summed E-state index contributed by atoms with van der Waals surface area (Å²) in [5.74, 6) is -0.242. The molecule has 4 nitrogen and oxygen atoms in total. The van der Waals surface area contributed by atoms with Crippen molar-refractivity contribution in [2.75, 3.05) is 5.43 Å². The number of thiocarbonyl (C=S) groups is 1. The average Bonchev–Trinajstić information content (AvgIpc) is 2.60. The number of amides is 1. The Balaban J connectivity index is 1.67. The maximum Gasteiger partial charge on any atom is 0.258 e. The molecule has 0 saturated carbocycles. The van der Waals surface area contributed by atoms with Gasteiger partial charge in [-0.25, -0.2) is 0 Å². The molecule has 0 saturated heterocycles. The molecule has 0 aromatic heterocycles. The van der Waals surface area contributed by atoms with Gasteiger partial charge in [-0.05, 0) is 41.2 Å². The normalized spacial score (nSPS) is 10.1. The quantitative estimate of drug-likeness (QED) is 0.511. The summed E-state index contributed by atoms with van der Waals surface area (Å²) in [4.78, 5) is 12.4. The zero-order valence-electron chi connectivity index (χ0n) is 12.2. The van der Waals surface area contributed by atoms with Crippen LogP contribution in [0, 0.1) is 0 Å². The second-order valence-corrected chi connectivity index (χ2v) is 5.33. The van der Waals surface area contributed by atoms with E-state index in [-0.39, 0.29) is 11.0 Å². The number of hydrogen-bond donors (Lipinski definition) is 3. The van der Waals surface area contributed by atoms with Crippen LogP contribution in [-0.4, -0.2) is 11.0 Å². The van der Waals surface area contributed by atoms with Crippen molar-refractivity contribution in [1.29, 1.82) is 0 Å². The van der Waals surface area contributed by atoms with E-state index in [0.717, 1.165) is 16.5 Å². The third kappa shape index (κ3) is 3.64. The summed E-state index contributed by atoms with van der Waals surface area (Å²) >= 11 is 5.15. The molecule has 0 aliphatic heterocycles. The van der Waals surface area contributed by atoms with Gasteiger partial charge >= 0.3 is 0 Å². The molecule has 114 valence electrons. The average molecular weight is 321 g/mol. The SMILES string of the molecule is O=C(NC(=S)NNc1ccccc1)c1cccc2ccccc12. The molecule has 1 amide bonds. The molecule has 23 heavy (non-hydrogen) atoms. The molecule has 0 bridgehead atoms. The predicted octanol–water partition coefficient (Wildman–Crippen LogP) is 3.47. The lowest BCUT2D eigenvalue weighted by Gasteiger charge is -2.12. The van der Waals surface area contributed by atoms with Crippen molar-refractivity contribution in [1.82, 2.24) is 10.7 Å². The first kappa shape index (κ1) is 15.0. The molecular weight excluding hydrogens is 306 g/mol. The first-order valence-electron chi connectivity index (χ1n) is 7.14. The van der Waals surface area contributed by atoms with Crippen LogP contribution in [0.4, 0.5) is 5.69 Å². The minimum absolute atomic E-state index is 0.215. The molecule has 0 aliphatic rings. The van der Waals surface area contributed by atoms with E-state index in [1.165, 1.54) is 0 Å². The smallest absolute Gasteiger partial charge is 0.258 e. The number of carbonyl (C=O) groups excluding carboxylic acids is 1. The van der Waals surface area contributed by atoms with E-state index in [1.807, 2.05) is 66.7 Å². The fourth-order valence-electron chi connectivity index (χ4n) is 2.28.